The summed E-state index contributed by atoms with van der Waals surface area (Å²) in [6.45, 7) is 0.426. The van der Waals surface area contributed by atoms with Gasteiger partial charge in [-0.2, -0.15) is 4.31 Å². The molecule has 2 aromatic carbocycles. The molecule has 0 saturated carbocycles. The van der Waals surface area contributed by atoms with Gasteiger partial charge in [0, 0.05) is 43.9 Å². The van der Waals surface area contributed by atoms with Crippen molar-refractivity contribution >= 4 is 21.6 Å². The summed E-state index contributed by atoms with van der Waals surface area (Å²) in [7, 11) is 0.428. The van der Waals surface area contributed by atoms with E-state index in [4.69, 9.17) is 14.2 Å². The lowest BCUT2D eigenvalue weighted by Gasteiger charge is -2.34. The van der Waals surface area contributed by atoms with Gasteiger partial charge in [-0.05, 0) is 18.2 Å². The van der Waals surface area contributed by atoms with Gasteiger partial charge in [0.1, 0.15) is 0 Å². The topological polar surface area (TPSA) is 129 Å². The summed E-state index contributed by atoms with van der Waals surface area (Å²) in [5, 5.41) is 11.0. The molecule has 12 heteroatoms. The van der Waals surface area contributed by atoms with Gasteiger partial charge in [-0.1, -0.05) is 6.07 Å². The summed E-state index contributed by atoms with van der Waals surface area (Å²) in [6.07, 6.45) is 0. The zero-order valence-electron chi connectivity index (χ0n) is 17.8. The van der Waals surface area contributed by atoms with Crippen LogP contribution in [0.3, 0.4) is 0 Å². The maximum absolute atomic E-state index is 13.0. The summed E-state index contributed by atoms with van der Waals surface area (Å²) >= 11 is 0. The van der Waals surface area contributed by atoms with E-state index in [0.717, 1.165) is 6.07 Å². The van der Waals surface area contributed by atoms with Crippen molar-refractivity contribution < 1.29 is 32.3 Å². The Hall–Kier alpha value is -3.38. The Balaban J connectivity index is 1.76. The number of carbonyl (C=O) groups is 1. The first-order valence-corrected chi connectivity index (χ1v) is 11.0. The van der Waals surface area contributed by atoms with Crippen molar-refractivity contribution in [3.8, 4) is 17.2 Å². The molecule has 1 amide bonds. The number of sulfonamides is 1. The van der Waals surface area contributed by atoms with Crippen molar-refractivity contribution in [1.82, 2.24) is 9.21 Å². The second-order valence-electron chi connectivity index (χ2n) is 6.86. The Morgan fingerprint density at radius 3 is 2.06 bits per heavy atom. The Bertz CT molecular complexity index is 1100. The van der Waals surface area contributed by atoms with E-state index < -0.39 is 14.9 Å². The third kappa shape index (κ3) is 4.46. The number of benzene rings is 2. The van der Waals surface area contributed by atoms with Crippen LogP contribution in [0.4, 0.5) is 5.69 Å². The first-order valence-electron chi connectivity index (χ1n) is 9.56. The van der Waals surface area contributed by atoms with Crippen LogP contribution < -0.4 is 14.2 Å². The number of ether oxygens (including phenoxy) is 3. The lowest BCUT2D eigenvalue weighted by atomic mass is 10.1. The average molecular weight is 465 g/mol. The number of non-ortho nitro benzene ring substituents is 1. The first-order chi connectivity index (χ1) is 15.2. The fraction of sp³-hybridized carbons (Fsp3) is 0.350. The van der Waals surface area contributed by atoms with Gasteiger partial charge < -0.3 is 19.1 Å². The van der Waals surface area contributed by atoms with E-state index in [0.29, 0.717) is 22.8 Å². The van der Waals surface area contributed by atoms with Crippen LogP contribution >= 0.6 is 0 Å². The minimum absolute atomic E-state index is 0.0567. The quantitative estimate of drug-likeness (QED) is 0.447. The lowest BCUT2D eigenvalue weighted by molar-refractivity contribution is -0.385. The molecule has 0 radical (unpaired) electrons. The summed E-state index contributed by atoms with van der Waals surface area (Å²) in [5.74, 6) is 0.722. The molecule has 32 heavy (non-hydrogen) atoms. The Kier molecular flexibility index (Phi) is 6.84. The van der Waals surface area contributed by atoms with Crippen molar-refractivity contribution in [3.05, 3.63) is 52.1 Å². The van der Waals surface area contributed by atoms with Crippen LogP contribution in [0.2, 0.25) is 0 Å². The smallest absolute Gasteiger partial charge is 0.270 e. The molecule has 172 valence electrons. The number of nitro groups is 1. The Morgan fingerprint density at radius 2 is 1.56 bits per heavy atom. The third-order valence-corrected chi connectivity index (χ3v) is 7.00. The van der Waals surface area contributed by atoms with Crippen LogP contribution in [0.15, 0.2) is 41.3 Å². The third-order valence-electron chi connectivity index (χ3n) is 5.10. The number of hydrogen-bond donors (Lipinski definition) is 0. The minimum atomic E-state index is -3.93. The summed E-state index contributed by atoms with van der Waals surface area (Å²) in [5.41, 5.74) is 0.0109. The van der Waals surface area contributed by atoms with E-state index in [2.05, 4.69) is 0 Å². The molecule has 0 N–H and O–H groups in total. The number of amides is 1. The second-order valence-corrected chi connectivity index (χ2v) is 8.80. The molecule has 11 nitrogen and oxygen atoms in total. The number of nitrogens with zero attached hydrogens (tertiary/aromatic N) is 3. The number of hydrogen-bond acceptors (Lipinski definition) is 8. The van der Waals surface area contributed by atoms with Gasteiger partial charge in [0.2, 0.25) is 15.8 Å². The van der Waals surface area contributed by atoms with Crippen LogP contribution in [0, 0.1) is 10.1 Å². The fourth-order valence-corrected chi connectivity index (χ4v) is 4.89. The van der Waals surface area contributed by atoms with Crippen LogP contribution in [-0.4, -0.2) is 76.0 Å². The van der Waals surface area contributed by atoms with Crippen molar-refractivity contribution in [2.75, 3.05) is 47.5 Å². The Morgan fingerprint density at radius 1 is 0.969 bits per heavy atom. The maximum atomic E-state index is 13.0. The predicted octanol–water partition coefficient (Wildman–Crippen LogP) is 1.77. The standard InChI is InChI=1S/C20H23N3O8S/c1-29-17-11-14(12-18(30-2)19(17)31-3)20(24)21-7-9-22(10-8-21)32(27,28)16-6-4-5-15(13-16)23(25)26/h4-6,11-13H,7-10H2,1-3H3. The highest BCUT2D eigenvalue weighted by Crippen LogP contribution is 2.38. The highest BCUT2D eigenvalue weighted by molar-refractivity contribution is 7.89. The molecule has 0 aliphatic carbocycles. The number of carbonyl (C=O) groups excluding carboxylic acids is 1. The van der Waals surface area contributed by atoms with Crippen molar-refractivity contribution in [1.29, 1.82) is 0 Å². The zero-order valence-corrected chi connectivity index (χ0v) is 18.6. The first kappa shape index (κ1) is 23.3. The number of nitro benzene ring substituents is 1. The van der Waals surface area contributed by atoms with Crippen LogP contribution in [0.1, 0.15) is 10.4 Å². The molecule has 1 fully saturated rings. The van der Waals surface area contributed by atoms with Gasteiger partial charge in [-0.25, -0.2) is 8.42 Å². The molecular weight excluding hydrogens is 442 g/mol. The second kappa shape index (κ2) is 9.40. The van der Waals surface area contributed by atoms with Crippen LogP contribution in [0.5, 0.6) is 17.2 Å². The van der Waals surface area contributed by atoms with Crippen molar-refractivity contribution in [2.45, 2.75) is 4.90 Å². The summed E-state index contributed by atoms with van der Waals surface area (Å²) in [4.78, 5) is 24.7. The maximum Gasteiger partial charge on any atom is 0.270 e. The normalized spacial score (nSPS) is 14.7. The molecule has 0 atom stereocenters. The largest absolute Gasteiger partial charge is 0.493 e. The van der Waals surface area contributed by atoms with E-state index in [1.54, 1.807) is 0 Å². The molecule has 0 spiro atoms. The minimum Gasteiger partial charge on any atom is -0.493 e. The molecule has 0 bridgehead atoms. The Labute approximate surface area is 185 Å². The van der Waals surface area contributed by atoms with Crippen LogP contribution in [0.25, 0.3) is 0 Å². The van der Waals surface area contributed by atoms with E-state index in [1.807, 2.05) is 0 Å². The SMILES string of the molecule is COc1cc(C(=O)N2CCN(S(=O)(=O)c3cccc([N+](=O)[O-])c3)CC2)cc(OC)c1OC. The summed E-state index contributed by atoms with van der Waals surface area (Å²) < 4.78 is 42.8. The monoisotopic (exact) mass is 465 g/mol. The van der Waals surface area contributed by atoms with Gasteiger partial charge in [0.05, 0.1) is 31.1 Å². The van der Waals surface area contributed by atoms with Crippen LogP contribution in [-0.2, 0) is 10.0 Å². The number of methoxy groups -OCH3 is 3. The van der Waals surface area contributed by atoms with E-state index in [1.165, 1.54) is 60.9 Å². The van der Waals surface area contributed by atoms with E-state index in [-0.39, 0.29) is 42.7 Å². The molecule has 2 aromatic rings. The molecule has 0 unspecified atom stereocenters. The van der Waals surface area contributed by atoms with Crippen molar-refractivity contribution in [3.63, 3.8) is 0 Å². The highest BCUT2D eigenvalue weighted by Gasteiger charge is 2.32. The zero-order chi connectivity index (χ0) is 23.5. The van der Waals surface area contributed by atoms with Gasteiger partial charge >= 0.3 is 0 Å². The molecule has 3 rings (SSSR count). The average Bonchev–Trinajstić information content (AvgIpc) is 2.82. The van der Waals surface area contributed by atoms with Gasteiger partial charge in [0.25, 0.3) is 11.6 Å². The van der Waals surface area contributed by atoms with Crippen molar-refractivity contribution in [2.24, 2.45) is 0 Å². The summed E-state index contributed by atoms with van der Waals surface area (Å²) in [6, 6.07) is 7.98. The van der Waals surface area contributed by atoms with E-state index >= 15 is 0 Å². The number of piperazine rings is 1. The molecule has 0 aromatic heterocycles. The molecule has 1 heterocycles. The van der Waals surface area contributed by atoms with Gasteiger partial charge in [0.15, 0.2) is 11.5 Å². The van der Waals surface area contributed by atoms with Gasteiger partial charge in [-0.3, -0.25) is 14.9 Å². The molecular formula is C20H23N3O8S. The van der Waals surface area contributed by atoms with Gasteiger partial charge in [-0.15, -0.1) is 0 Å². The molecule has 1 saturated heterocycles. The number of rotatable bonds is 7. The fourth-order valence-electron chi connectivity index (χ4n) is 3.43. The lowest BCUT2D eigenvalue weighted by Crippen LogP contribution is -2.50. The van der Waals surface area contributed by atoms with E-state index in [9.17, 15) is 23.3 Å². The predicted molar refractivity (Wildman–Crippen MR) is 114 cm³/mol. The molecule has 1 aliphatic heterocycles. The highest BCUT2D eigenvalue weighted by atomic mass is 32.2. The molecule has 1 aliphatic rings.